The van der Waals surface area contributed by atoms with Crippen molar-refractivity contribution in [1.82, 2.24) is 5.43 Å². The molecular weight excluding hydrogens is 366 g/mol. The molecule has 2 aromatic rings. The summed E-state index contributed by atoms with van der Waals surface area (Å²) in [5, 5.41) is 6.80. The third kappa shape index (κ3) is 8.17. The zero-order valence-corrected chi connectivity index (χ0v) is 17.3. The highest BCUT2D eigenvalue weighted by molar-refractivity contribution is 5.94. The average Bonchev–Trinajstić information content (AvgIpc) is 2.70. The number of hydrogen-bond donors (Lipinski definition) is 2. The average molecular weight is 396 g/mol. The lowest BCUT2D eigenvalue weighted by atomic mass is 10.1. The van der Waals surface area contributed by atoms with Crippen LogP contribution in [0.15, 0.2) is 47.6 Å². The molecule has 6 heteroatoms. The van der Waals surface area contributed by atoms with Crippen molar-refractivity contribution in [3.05, 3.63) is 59.2 Å². The standard InChI is InChI=1S/C23H29N3O3/c1-4-5-13-29-20-8-6-7-19(15-20)16-24-26-23(28)12-11-22(27)25-21-14-17(2)9-10-18(21)3/h6-10,14-16H,4-5,11-13H2,1-3H3,(H,25,27)(H,26,28). The first-order valence-corrected chi connectivity index (χ1v) is 9.90. The van der Waals surface area contributed by atoms with Gasteiger partial charge in [-0.25, -0.2) is 5.43 Å². The first-order chi connectivity index (χ1) is 14.0. The molecule has 2 rings (SSSR count). The lowest BCUT2D eigenvalue weighted by Gasteiger charge is -2.09. The molecule has 6 nitrogen and oxygen atoms in total. The quantitative estimate of drug-likeness (QED) is 0.356. The summed E-state index contributed by atoms with van der Waals surface area (Å²) in [5.41, 5.74) is 6.10. The highest BCUT2D eigenvalue weighted by Gasteiger charge is 2.08. The molecule has 0 aliphatic rings. The highest BCUT2D eigenvalue weighted by Crippen LogP contribution is 2.16. The van der Waals surface area contributed by atoms with Gasteiger partial charge in [-0.1, -0.05) is 37.6 Å². The fourth-order valence-electron chi connectivity index (χ4n) is 2.56. The van der Waals surface area contributed by atoms with Gasteiger partial charge in [-0.3, -0.25) is 9.59 Å². The molecule has 0 heterocycles. The predicted molar refractivity (Wildman–Crippen MR) is 116 cm³/mol. The number of nitrogens with zero attached hydrogens (tertiary/aromatic N) is 1. The van der Waals surface area contributed by atoms with Crippen LogP contribution in [0, 0.1) is 13.8 Å². The molecule has 0 fully saturated rings. The number of nitrogens with one attached hydrogen (secondary N) is 2. The molecule has 2 amide bonds. The second kappa shape index (κ2) is 11.6. The SMILES string of the molecule is CCCCOc1cccc(C=NNC(=O)CCC(=O)Nc2cc(C)ccc2C)c1. The summed E-state index contributed by atoms with van der Waals surface area (Å²) in [4.78, 5) is 24.0. The van der Waals surface area contributed by atoms with E-state index in [0.717, 1.165) is 41.0 Å². The van der Waals surface area contributed by atoms with Crippen LogP contribution in [0.5, 0.6) is 5.75 Å². The van der Waals surface area contributed by atoms with Crippen molar-refractivity contribution in [3.8, 4) is 5.75 Å². The van der Waals surface area contributed by atoms with Gasteiger partial charge in [0.2, 0.25) is 11.8 Å². The van der Waals surface area contributed by atoms with E-state index >= 15 is 0 Å². The molecule has 0 radical (unpaired) electrons. The van der Waals surface area contributed by atoms with Gasteiger partial charge in [0.1, 0.15) is 5.75 Å². The van der Waals surface area contributed by atoms with Crippen LogP contribution >= 0.6 is 0 Å². The third-order valence-corrected chi connectivity index (χ3v) is 4.27. The number of anilines is 1. The van der Waals surface area contributed by atoms with Crippen molar-refractivity contribution in [2.45, 2.75) is 46.5 Å². The largest absolute Gasteiger partial charge is 0.494 e. The lowest BCUT2D eigenvalue weighted by molar-refractivity contribution is -0.124. The number of amides is 2. The fraction of sp³-hybridized carbons (Fsp3) is 0.348. The monoisotopic (exact) mass is 395 g/mol. The van der Waals surface area contributed by atoms with Crippen LogP contribution in [0.2, 0.25) is 0 Å². The Morgan fingerprint density at radius 2 is 1.86 bits per heavy atom. The van der Waals surface area contributed by atoms with Crippen molar-refractivity contribution < 1.29 is 14.3 Å². The van der Waals surface area contributed by atoms with Gasteiger partial charge in [0, 0.05) is 18.5 Å². The zero-order valence-electron chi connectivity index (χ0n) is 17.3. The van der Waals surface area contributed by atoms with Crippen molar-refractivity contribution in [1.29, 1.82) is 0 Å². The first-order valence-electron chi connectivity index (χ1n) is 9.90. The van der Waals surface area contributed by atoms with E-state index in [1.54, 1.807) is 6.21 Å². The smallest absolute Gasteiger partial charge is 0.240 e. The Hall–Kier alpha value is -3.15. The van der Waals surface area contributed by atoms with E-state index in [-0.39, 0.29) is 24.7 Å². The molecule has 0 atom stereocenters. The van der Waals surface area contributed by atoms with Gasteiger partial charge in [-0.15, -0.1) is 0 Å². The van der Waals surface area contributed by atoms with Gasteiger partial charge in [-0.05, 0) is 55.2 Å². The summed E-state index contributed by atoms with van der Waals surface area (Å²) >= 11 is 0. The Bertz CT molecular complexity index is 862. The molecule has 0 unspecified atom stereocenters. The number of ether oxygens (including phenoxy) is 1. The Kier molecular flexibility index (Phi) is 8.89. The van der Waals surface area contributed by atoms with E-state index in [1.165, 1.54) is 0 Å². The third-order valence-electron chi connectivity index (χ3n) is 4.27. The van der Waals surface area contributed by atoms with Gasteiger partial charge >= 0.3 is 0 Å². The fourth-order valence-corrected chi connectivity index (χ4v) is 2.56. The summed E-state index contributed by atoms with van der Waals surface area (Å²) in [6.07, 6.45) is 3.80. The number of hydrogen-bond acceptors (Lipinski definition) is 4. The van der Waals surface area contributed by atoms with Crippen LogP contribution in [0.3, 0.4) is 0 Å². The molecule has 0 spiro atoms. The first kappa shape index (κ1) is 22.1. The molecule has 0 aliphatic heterocycles. The van der Waals surface area contributed by atoms with Crippen molar-refractivity contribution in [3.63, 3.8) is 0 Å². The number of carbonyl (C=O) groups is 2. The van der Waals surface area contributed by atoms with E-state index in [1.807, 2.05) is 56.3 Å². The molecule has 0 aromatic heterocycles. The molecule has 0 saturated heterocycles. The molecule has 0 bridgehead atoms. The summed E-state index contributed by atoms with van der Waals surface area (Å²) in [6.45, 7) is 6.69. The number of hydrazone groups is 1. The summed E-state index contributed by atoms with van der Waals surface area (Å²) in [6, 6.07) is 13.4. The van der Waals surface area contributed by atoms with Gasteiger partial charge in [0.15, 0.2) is 0 Å². The minimum Gasteiger partial charge on any atom is -0.494 e. The Balaban J connectivity index is 1.75. The molecule has 29 heavy (non-hydrogen) atoms. The molecular formula is C23H29N3O3. The summed E-state index contributed by atoms with van der Waals surface area (Å²) < 4.78 is 5.65. The number of rotatable bonds is 10. The number of carbonyl (C=O) groups excluding carboxylic acids is 2. The molecule has 2 aromatic carbocycles. The zero-order chi connectivity index (χ0) is 21.1. The number of unbranched alkanes of at least 4 members (excludes halogenated alkanes) is 1. The number of benzene rings is 2. The number of aryl methyl sites for hydroxylation is 2. The van der Waals surface area contributed by atoms with E-state index in [9.17, 15) is 9.59 Å². The summed E-state index contributed by atoms with van der Waals surface area (Å²) in [5.74, 6) is 0.263. The van der Waals surface area contributed by atoms with E-state index in [0.29, 0.717) is 6.61 Å². The minimum absolute atomic E-state index is 0.0637. The molecule has 0 aliphatic carbocycles. The van der Waals surface area contributed by atoms with Crippen LogP contribution in [0.25, 0.3) is 0 Å². The molecule has 154 valence electrons. The van der Waals surface area contributed by atoms with Gasteiger partial charge in [-0.2, -0.15) is 5.10 Å². The van der Waals surface area contributed by atoms with Gasteiger partial charge in [0.25, 0.3) is 0 Å². The van der Waals surface area contributed by atoms with E-state index in [2.05, 4.69) is 22.8 Å². The Morgan fingerprint density at radius 3 is 2.66 bits per heavy atom. The van der Waals surface area contributed by atoms with Crippen LogP contribution in [0.4, 0.5) is 5.69 Å². The van der Waals surface area contributed by atoms with E-state index in [4.69, 9.17) is 4.74 Å². The second-order valence-electron chi connectivity index (χ2n) is 6.93. The Morgan fingerprint density at radius 1 is 1.07 bits per heavy atom. The maximum Gasteiger partial charge on any atom is 0.240 e. The van der Waals surface area contributed by atoms with E-state index < -0.39 is 0 Å². The Labute approximate surface area is 172 Å². The maximum atomic E-state index is 12.1. The van der Waals surface area contributed by atoms with Crippen molar-refractivity contribution in [2.75, 3.05) is 11.9 Å². The topological polar surface area (TPSA) is 79.8 Å². The van der Waals surface area contributed by atoms with Crippen molar-refractivity contribution in [2.24, 2.45) is 5.10 Å². The van der Waals surface area contributed by atoms with Crippen LogP contribution in [0.1, 0.15) is 49.3 Å². The maximum absolute atomic E-state index is 12.1. The highest BCUT2D eigenvalue weighted by atomic mass is 16.5. The molecule has 0 saturated carbocycles. The molecule has 2 N–H and O–H groups in total. The second-order valence-corrected chi connectivity index (χ2v) is 6.93. The van der Waals surface area contributed by atoms with Crippen LogP contribution in [-0.2, 0) is 9.59 Å². The summed E-state index contributed by atoms with van der Waals surface area (Å²) in [7, 11) is 0. The van der Waals surface area contributed by atoms with Gasteiger partial charge < -0.3 is 10.1 Å². The van der Waals surface area contributed by atoms with Crippen LogP contribution in [-0.4, -0.2) is 24.6 Å². The normalized spacial score (nSPS) is 10.7. The minimum atomic E-state index is -0.312. The van der Waals surface area contributed by atoms with Crippen molar-refractivity contribution >= 4 is 23.7 Å². The lowest BCUT2D eigenvalue weighted by Crippen LogP contribution is -2.20. The van der Waals surface area contributed by atoms with Crippen LogP contribution < -0.4 is 15.5 Å². The van der Waals surface area contributed by atoms with Gasteiger partial charge in [0.05, 0.1) is 12.8 Å². The predicted octanol–water partition coefficient (Wildman–Crippen LogP) is 4.35.